The summed E-state index contributed by atoms with van der Waals surface area (Å²) in [6, 6.07) is 9.23. The number of rotatable bonds is 9. The smallest absolute Gasteiger partial charge is 0.236 e. The third-order valence-electron chi connectivity index (χ3n) is 3.07. The first-order valence-corrected chi connectivity index (χ1v) is 9.96. The molecular formula is C16H24ClO2P. The second kappa shape index (κ2) is 9.26. The molecule has 20 heavy (non-hydrogen) atoms. The molecule has 0 bridgehead atoms. The van der Waals surface area contributed by atoms with Crippen LogP contribution in [0, 0.1) is 0 Å². The molecule has 0 aliphatic rings. The largest absolute Gasteiger partial charge is 0.489 e. The van der Waals surface area contributed by atoms with Crippen molar-refractivity contribution in [1.82, 2.24) is 0 Å². The van der Waals surface area contributed by atoms with Crippen molar-refractivity contribution >= 4 is 23.0 Å². The average molecular weight is 315 g/mol. The summed E-state index contributed by atoms with van der Waals surface area (Å²) in [5.41, 5.74) is 0. The molecule has 0 aliphatic carbocycles. The first-order valence-electron chi connectivity index (χ1n) is 7.28. The van der Waals surface area contributed by atoms with Gasteiger partial charge < -0.3 is 4.74 Å². The van der Waals surface area contributed by atoms with Crippen LogP contribution in [0.25, 0.3) is 0 Å². The quantitative estimate of drug-likeness (QED) is 0.433. The van der Waals surface area contributed by atoms with Crippen LogP contribution < -0.4 is 5.30 Å². The Labute approximate surface area is 127 Å². The minimum Gasteiger partial charge on any atom is -0.489 e. The lowest BCUT2D eigenvalue weighted by molar-refractivity contribution is 0.200. The summed E-state index contributed by atoms with van der Waals surface area (Å²) >= 11 is 6.37. The second-order valence-electron chi connectivity index (χ2n) is 4.81. The van der Waals surface area contributed by atoms with Crippen molar-refractivity contribution in [3.63, 3.8) is 0 Å². The van der Waals surface area contributed by atoms with Gasteiger partial charge in [0.2, 0.25) is 6.49 Å². The highest BCUT2D eigenvalue weighted by molar-refractivity contribution is 7.95. The maximum Gasteiger partial charge on any atom is 0.236 e. The van der Waals surface area contributed by atoms with Gasteiger partial charge in [0, 0.05) is 5.30 Å². The van der Waals surface area contributed by atoms with Crippen LogP contribution in [-0.4, -0.2) is 5.85 Å². The van der Waals surface area contributed by atoms with Gasteiger partial charge in [-0.05, 0) is 36.6 Å². The van der Waals surface area contributed by atoms with E-state index in [9.17, 15) is 4.57 Å². The van der Waals surface area contributed by atoms with E-state index in [1.807, 2.05) is 36.4 Å². The molecule has 2 nitrogen and oxygen atoms in total. The normalized spacial score (nSPS) is 15.9. The van der Waals surface area contributed by atoms with Crippen molar-refractivity contribution in [2.45, 2.75) is 51.8 Å². The Balaban J connectivity index is 2.82. The molecule has 1 rings (SSSR count). The zero-order valence-electron chi connectivity index (χ0n) is 12.3. The highest BCUT2D eigenvalue weighted by atomic mass is 35.7. The first-order chi connectivity index (χ1) is 9.62. The molecular weight excluding hydrogens is 291 g/mol. The number of allylic oxidation sites excluding steroid dienone is 1. The highest BCUT2D eigenvalue weighted by Gasteiger charge is 2.33. The molecule has 0 saturated carbocycles. The highest BCUT2D eigenvalue weighted by Crippen LogP contribution is 2.56. The van der Waals surface area contributed by atoms with E-state index in [4.69, 9.17) is 16.0 Å². The predicted octanol–water partition coefficient (Wildman–Crippen LogP) is 5.68. The van der Waals surface area contributed by atoms with Crippen molar-refractivity contribution in [3.8, 4) is 0 Å². The molecule has 0 saturated heterocycles. The Kier molecular flexibility index (Phi) is 8.02. The van der Waals surface area contributed by atoms with Crippen LogP contribution in [0.3, 0.4) is 0 Å². The number of ether oxygens (including phenoxy) is 1. The fourth-order valence-corrected chi connectivity index (χ4v) is 4.29. The summed E-state index contributed by atoms with van der Waals surface area (Å²) in [5.74, 6) is -0.445. The molecule has 0 heterocycles. The van der Waals surface area contributed by atoms with Gasteiger partial charge in [-0.1, -0.05) is 57.0 Å². The Morgan fingerprint density at radius 3 is 2.55 bits per heavy atom. The van der Waals surface area contributed by atoms with Gasteiger partial charge in [0.15, 0.2) is 5.85 Å². The molecule has 0 amide bonds. The summed E-state index contributed by atoms with van der Waals surface area (Å²) in [6.07, 6.45) is 8.33. The standard InChI is InChI=1S/C16H24ClO2P/c1-3-5-10-14-19-16(13-6-4-2)20(17,18)15-11-8-7-9-12-15/h7-12,14,16H,3-6,13H2,1-2H3/b14-10+. The van der Waals surface area contributed by atoms with E-state index in [2.05, 4.69) is 13.8 Å². The summed E-state index contributed by atoms with van der Waals surface area (Å²) in [6.45, 7) is 1.17. The Morgan fingerprint density at radius 1 is 1.25 bits per heavy atom. The van der Waals surface area contributed by atoms with Gasteiger partial charge in [-0.3, -0.25) is 4.57 Å². The topological polar surface area (TPSA) is 26.3 Å². The van der Waals surface area contributed by atoms with Crippen LogP contribution in [0.1, 0.15) is 46.0 Å². The van der Waals surface area contributed by atoms with Crippen LogP contribution in [-0.2, 0) is 9.30 Å². The lowest BCUT2D eigenvalue weighted by Crippen LogP contribution is -2.16. The molecule has 112 valence electrons. The van der Waals surface area contributed by atoms with Crippen molar-refractivity contribution < 1.29 is 9.30 Å². The monoisotopic (exact) mass is 314 g/mol. The zero-order valence-corrected chi connectivity index (χ0v) is 13.9. The third-order valence-corrected chi connectivity index (χ3v) is 6.43. The molecule has 0 fully saturated rings. The fourth-order valence-electron chi connectivity index (χ4n) is 1.87. The number of hydrogen-bond donors (Lipinski definition) is 0. The van der Waals surface area contributed by atoms with Crippen molar-refractivity contribution in [2.24, 2.45) is 0 Å². The Hall–Kier alpha value is -0.720. The van der Waals surface area contributed by atoms with Gasteiger partial charge >= 0.3 is 0 Å². The lowest BCUT2D eigenvalue weighted by Gasteiger charge is -2.22. The van der Waals surface area contributed by atoms with E-state index >= 15 is 0 Å². The van der Waals surface area contributed by atoms with Gasteiger partial charge in [0.1, 0.15) is 0 Å². The maximum absolute atomic E-state index is 12.9. The van der Waals surface area contributed by atoms with Crippen LogP contribution >= 0.6 is 17.7 Å². The second-order valence-corrected chi connectivity index (χ2v) is 8.56. The molecule has 0 aromatic heterocycles. The third kappa shape index (κ3) is 5.34. The van der Waals surface area contributed by atoms with Gasteiger partial charge in [-0.2, -0.15) is 0 Å². The zero-order chi connectivity index (χ0) is 14.8. The SMILES string of the molecule is CCC/C=C/OC(CCCC)P(=O)(Cl)c1ccccc1. The van der Waals surface area contributed by atoms with E-state index in [0.717, 1.165) is 25.7 Å². The minimum atomic E-state index is -3.03. The Bertz CT molecular complexity index is 445. The van der Waals surface area contributed by atoms with Crippen LogP contribution in [0.5, 0.6) is 0 Å². The molecule has 1 aromatic carbocycles. The minimum absolute atomic E-state index is 0.445. The number of halogens is 1. The molecule has 0 N–H and O–H groups in total. The summed E-state index contributed by atoms with van der Waals surface area (Å²) in [4.78, 5) is 0. The first kappa shape index (κ1) is 17.3. The predicted molar refractivity (Wildman–Crippen MR) is 88.0 cm³/mol. The van der Waals surface area contributed by atoms with Crippen LogP contribution in [0.2, 0.25) is 0 Å². The van der Waals surface area contributed by atoms with Gasteiger partial charge in [0.05, 0.1) is 6.26 Å². The molecule has 4 heteroatoms. The van der Waals surface area contributed by atoms with E-state index in [0.29, 0.717) is 11.7 Å². The van der Waals surface area contributed by atoms with Crippen molar-refractivity contribution in [1.29, 1.82) is 0 Å². The molecule has 0 spiro atoms. The van der Waals surface area contributed by atoms with Crippen LogP contribution in [0.15, 0.2) is 42.7 Å². The molecule has 0 radical (unpaired) electrons. The molecule has 2 atom stereocenters. The molecule has 0 aliphatic heterocycles. The van der Waals surface area contributed by atoms with E-state index in [1.54, 1.807) is 6.26 Å². The maximum atomic E-state index is 12.9. The Morgan fingerprint density at radius 2 is 1.95 bits per heavy atom. The molecule has 1 aromatic rings. The van der Waals surface area contributed by atoms with E-state index < -0.39 is 12.3 Å². The van der Waals surface area contributed by atoms with Gasteiger partial charge in [-0.25, -0.2) is 0 Å². The molecule has 2 unspecified atom stereocenters. The van der Waals surface area contributed by atoms with Gasteiger partial charge in [-0.15, -0.1) is 0 Å². The lowest BCUT2D eigenvalue weighted by atomic mass is 10.3. The van der Waals surface area contributed by atoms with Gasteiger partial charge in [0.25, 0.3) is 0 Å². The van der Waals surface area contributed by atoms with Crippen molar-refractivity contribution in [2.75, 3.05) is 0 Å². The summed E-state index contributed by atoms with van der Waals surface area (Å²) in [7, 11) is 0. The summed E-state index contributed by atoms with van der Waals surface area (Å²) < 4.78 is 18.6. The van der Waals surface area contributed by atoms with E-state index in [1.165, 1.54) is 0 Å². The van der Waals surface area contributed by atoms with Crippen molar-refractivity contribution in [3.05, 3.63) is 42.7 Å². The average Bonchev–Trinajstić information content (AvgIpc) is 2.47. The fraction of sp³-hybridized carbons (Fsp3) is 0.500. The number of unbranched alkanes of at least 4 members (excludes halogenated alkanes) is 2. The van der Waals surface area contributed by atoms with Crippen LogP contribution in [0.4, 0.5) is 0 Å². The number of benzene rings is 1. The number of hydrogen-bond acceptors (Lipinski definition) is 2. The summed E-state index contributed by atoms with van der Waals surface area (Å²) in [5, 5.41) is 0.673. The van der Waals surface area contributed by atoms with E-state index in [-0.39, 0.29) is 0 Å².